The molecule has 0 N–H and O–H groups in total. The predicted octanol–water partition coefficient (Wildman–Crippen LogP) is 3.73. The van der Waals surface area contributed by atoms with Crippen LogP contribution < -0.4 is 0 Å². The molecule has 16 heavy (non-hydrogen) atoms. The van der Waals surface area contributed by atoms with Crippen molar-refractivity contribution in [3.8, 4) is 0 Å². The highest BCUT2D eigenvalue weighted by Gasteiger charge is 2.29. The zero-order chi connectivity index (χ0) is 12.0. The van der Waals surface area contributed by atoms with Crippen LogP contribution in [0.15, 0.2) is 23.4 Å². The maximum Gasteiger partial charge on any atom is 0.362 e. The first kappa shape index (κ1) is 13.7. The van der Waals surface area contributed by atoms with Crippen LogP contribution in [0.5, 0.6) is 0 Å². The van der Waals surface area contributed by atoms with Gasteiger partial charge in [-0.25, -0.2) is 0 Å². The van der Waals surface area contributed by atoms with Crippen molar-refractivity contribution in [1.82, 2.24) is 0 Å². The van der Waals surface area contributed by atoms with E-state index in [1.807, 2.05) is 13.8 Å². The van der Waals surface area contributed by atoms with E-state index < -0.39 is 8.56 Å². The Balaban J connectivity index is 2.78. The van der Waals surface area contributed by atoms with Gasteiger partial charge in [-0.1, -0.05) is 12.2 Å². The average Bonchev–Trinajstić information content (AvgIpc) is 2.22. The standard InChI is InChI=1S/C13H24O2Si/c1-5-14-16(4,15-6-2)11-13-10-8-7-9-12(13)3/h11H,3,5-10H2,1-2,4H3/b13-11-. The number of allylic oxidation sites excluding steroid dienone is 2. The molecule has 1 aliphatic rings. The third-order valence-corrected chi connectivity index (χ3v) is 5.52. The molecule has 0 saturated heterocycles. The first-order chi connectivity index (χ1) is 7.61. The fourth-order valence-electron chi connectivity index (χ4n) is 2.18. The molecule has 1 fully saturated rings. The Bertz CT molecular complexity index is 265. The monoisotopic (exact) mass is 240 g/mol. The van der Waals surface area contributed by atoms with Gasteiger partial charge in [0, 0.05) is 13.2 Å². The van der Waals surface area contributed by atoms with Crippen molar-refractivity contribution in [2.24, 2.45) is 0 Å². The molecule has 0 unspecified atom stereocenters. The zero-order valence-corrected chi connectivity index (χ0v) is 11.8. The van der Waals surface area contributed by atoms with Crippen molar-refractivity contribution in [3.05, 3.63) is 23.4 Å². The molecule has 0 aromatic carbocycles. The molecule has 0 aromatic heterocycles. The highest BCUT2D eigenvalue weighted by molar-refractivity contribution is 6.71. The second kappa shape index (κ2) is 6.38. The van der Waals surface area contributed by atoms with Gasteiger partial charge in [0.1, 0.15) is 0 Å². The smallest absolute Gasteiger partial charge is 0.362 e. The molecule has 3 heteroatoms. The lowest BCUT2D eigenvalue weighted by Crippen LogP contribution is -2.37. The van der Waals surface area contributed by atoms with Crippen LogP contribution in [0, 0.1) is 0 Å². The quantitative estimate of drug-likeness (QED) is 0.682. The van der Waals surface area contributed by atoms with Gasteiger partial charge in [0.15, 0.2) is 0 Å². The molecule has 92 valence electrons. The minimum Gasteiger partial charge on any atom is -0.392 e. The summed E-state index contributed by atoms with van der Waals surface area (Å²) in [5.74, 6) is 0. The van der Waals surface area contributed by atoms with E-state index >= 15 is 0 Å². The van der Waals surface area contributed by atoms with Crippen molar-refractivity contribution >= 4 is 8.56 Å². The van der Waals surface area contributed by atoms with Crippen LogP contribution in [0.4, 0.5) is 0 Å². The SMILES string of the molecule is C=C1CCCC/C1=C/[Si](C)(OCC)OCC. The van der Waals surface area contributed by atoms with Gasteiger partial charge in [-0.05, 0) is 57.4 Å². The van der Waals surface area contributed by atoms with Crippen LogP contribution in [0.2, 0.25) is 6.55 Å². The van der Waals surface area contributed by atoms with Crippen LogP contribution in [-0.2, 0) is 8.85 Å². The lowest BCUT2D eigenvalue weighted by atomic mass is 9.92. The zero-order valence-electron chi connectivity index (χ0n) is 10.8. The van der Waals surface area contributed by atoms with Gasteiger partial charge < -0.3 is 8.85 Å². The third-order valence-electron chi connectivity index (χ3n) is 2.93. The molecule has 0 amide bonds. The fraction of sp³-hybridized carbons (Fsp3) is 0.692. The van der Waals surface area contributed by atoms with E-state index in [4.69, 9.17) is 8.85 Å². The molecule has 0 bridgehead atoms. The molecular weight excluding hydrogens is 216 g/mol. The van der Waals surface area contributed by atoms with Gasteiger partial charge in [0.25, 0.3) is 0 Å². The minimum absolute atomic E-state index is 0.721. The van der Waals surface area contributed by atoms with Gasteiger partial charge in [-0.3, -0.25) is 0 Å². The summed E-state index contributed by atoms with van der Waals surface area (Å²) >= 11 is 0. The summed E-state index contributed by atoms with van der Waals surface area (Å²) in [4.78, 5) is 0. The minimum atomic E-state index is -2.10. The Labute approximate surface area is 101 Å². The van der Waals surface area contributed by atoms with E-state index in [0.717, 1.165) is 26.1 Å². The summed E-state index contributed by atoms with van der Waals surface area (Å²) in [5.41, 5.74) is 4.91. The van der Waals surface area contributed by atoms with E-state index in [9.17, 15) is 0 Å². The van der Waals surface area contributed by atoms with Gasteiger partial charge in [0.05, 0.1) is 0 Å². The van der Waals surface area contributed by atoms with Gasteiger partial charge in [0.2, 0.25) is 0 Å². The first-order valence-corrected chi connectivity index (χ1v) is 8.68. The number of rotatable bonds is 5. The molecule has 0 radical (unpaired) electrons. The third kappa shape index (κ3) is 3.89. The topological polar surface area (TPSA) is 18.5 Å². The van der Waals surface area contributed by atoms with Crippen molar-refractivity contribution in [3.63, 3.8) is 0 Å². The largest absolute Gasteiger partial charge is 0.392 e. The average molecular weight is 240 g/mol. The summed E-state index contributed by atoms with van der Waals surface area (Å²) < 4.78 is 11.6. The Kier molecular flexibility index (Phi) is 5.45. The van der Waals surface area contributed by atoms with E-state index in [-0.39, 0.29) is 0 Å². The highest BCUT2D eigenvalue weighted by atomic mass is 28.4. The molecule has 0 heterocycles. The van der Waals surface area contributed by atoms with Crippen LogP contribution >= 0.6 is 0 Å². The second-order valence-electron chi connectivity index (χ2n) is 4.36. The highest BCUT2D eigenvalue weighted by Crippen LogP contribution is 2.29. The molecule has 1 aliphatic carbocycles. The summed E-state index contributed by atoms with van der Waals surface area (Å²) in [6, 6.07) is 0. The van der Waals surface area contributed by atoms with Crippen LogP contribution in [-0.4, -0.2) is 21.8 Å². The van der Waals surface area contributed by atoms with E-state index in [0.29, 0.717) is 0 Å². The summed E-state index contributed by atoms with van der Waals surface area (Å²) in [5, 5.41) is 0. The van der Waals surface area contributed by atoms with Crippen molar-refractivity contribution in [1.29, 1.82) is 0 Å². The number of hydrogen-bond donors (Lipinski definition) is 0. The molecule has 1 rings (SSSR count). The van der Waals surface area contributed by atoms with Crippen molar-refractivity contribution in [2.75, 3.05) is 13.2 Å². The van der Waals surface area contributed by atoms with Crippen molar-refractivity contribution < 1.29 is 8.85 Å². The summed E-state index contributed by atoms with van der Waals surface area (Å²) in [6.07, 6.45) is 4.82. The maximum atomic E-state index is 5.82. The molecular formula is C13H24O2Si. The molecule has 0 spiro atoms. The van der Waals surface area contributed by atoms with Crippen molar-refractivity contribution in [2.45, 2.75) is 46.1 Å². The molecule has 2 nitrogen and oxygen atoms in total. The van der Waals surface area contributed by atoms with Crippen LogP contribution in [0.3, 0.4) is 0 Å². The Morgan fingerprint density at radius 2 is 1.75 bits per heavy atom. The second-order valence-corrected chi connectivity index (χ2v) is 7.26. The van der Waals surface area contributed by atoms with Gasteiger partial charge >= 0.3 is 8.56 Å². The van der Waals surface area contributed by atoms with Crippen LogP contribution in [0.1, 0.15) is 39.5 Å². The first-order valence-electron chi connectivity index (χ1n) is 6.29. The van der Waals surface area contributed by atoms with Crippen LogP contribution in [0.25, 0.3) is 0 Å². The lowest BCUT2D eigenvalue weighted by Gasteiger charge is -2.26. The predicted molar refractivity (Wildman–Crippen MR) is 70.6 cm³/mol. The summed E-state index contributed by atoms with van der Waals surface area (Å²) in [6.45, 7) is 11.8. The van der Waals surface area contributed by atoms with Gasteiger partial charge in [-0.15, -0.1) is 0 Å². The fourth-order valence-corrected chi connectivity index (χ4v) is 4.56. The number of hydrogen-bond acceptors (Lipinski definition) is 2. The molecule has 1 saturated carbocycles. The maximum absolute atomic E-state index is 5.82. The molecule has 0 atom stereocenters. The van der Waals surface area contributed by atoms with E-state index in [1.54, 1.807) is 0 Å². The Morgan fingerprint density at radius 3 is 2.25 bits per heavy atom. The molecule has 0 aromatic rings. The van der Waals surface area contributed by atoms with E-state index in [2.05, 4.69) is 18.8 Å². The normalized spacial score (nSPS) is 20.4. The lowest BCUT2D eigenvalue weighted by molar-refractivity contribution is 0.200. The Morgan fingerprint density at radius 1 is 1.19 bits per heavy atom. The van der Waals surface area contributed by atoms with Gasteiger partial charge in [-0.2, -0.15) is 0 Å². The molecule has 0 aliphatic heterocycles. The Hall–Kier alpha value is -0.383. The van der Waals surface area contributed by atoms with E-state index in [1.165, 1.54) is 24.0 Å². The summed E-state index contributed by atoms with van der Waals surface area (Å²) in [7, 11) is -2.10.